The maximum absolute atomic E-state index is 12.9. The lowest BCUT2D eigenvalue weighted by atomic mass is 10.2. The third kappa shape index (κ3) is 3.13. The van der Waals surface area contributed by atoms with Crippen LogP contribution in [0.25, 0.3) is 0 Å². The van der Waals surface area contributed by atoms with Crippen LogP contribution in [0.1, 0.15) is 38.6 Å². The molecule has 124 valence electrons. The molecule has 0 N–H and O–H groups in total. The minimum absolute atomic E-state index is 0.224. The molecule has 0 bridgehead atoms. The molecule has 0 radical (unpaired) electrons. The minimum Gasteiger partial charge on any atom is -0.316 e. The molecule has 0 saturated carbocycles. The summed E-state index contributed by atoms with van der Waals surface area (Å²) in [6.07, 6.45) is 6.22. The van der Waals surface area contributed by atoms with E-state index in [9.17, 15) is 8.42 Å². The summed E-state index contributed by atoms with van der Waals surface area (Å²) in [7, 11) is -3.57. The Morgan fingerprint density at radius 2 is 2.22 bits per heavy atom. The van der Waals surface area contributed by atoms with Gasteiger partial charge in [-0.25, -0.2) is 8.42 Å². The first-order valence-electron chi connectivity index (χ1n) is 7.79. The van der Waals surface area contributed by atoms with E-state index in [1.54, 1.807) is 24.7 Å². The maximum Gasteiger partial charge on any atom is 0.245 e. The number of hydrogen-bond acceptors (Lipinski definition) is 5. The van der Waals surface area contributed by atoms with Crippen molar-refractivity contribution in [1.29, 1.82) is 0 Å². The van der Waals surface area contributed by atoms with E-state index in [2.05, 4.69) is 29.0 Å². The van der Waals surface area contributed by atoms with Gasteiger partial charge in [-0.3, -0.25) is 4.98 Å². The van der Waals surface area contributed by atoms with Gasteiger partial charge in [0, 0.05) is 25.5 Å². The van der Waals surface area contributed by atoms with Crippen LogP contribution in [0.3, 0.4) is 0 Å². The molecule has 0 aliphatic carbocycles. The van der Waals surface area contributed by atoms with Gasteiger partial charge >= 0.3 is 0 Å². The largest absolute Gasteiger partial charge is 0.316 e. The third-order valence-electron chi connectivity index (χ3n) is 3.95. The average Bonchev–Trinajstić information content (AvgIpc) is 3.16. The van der Waals surface area contributed by atoms with E-state index < -0.39 is 10.0 Å². The molecule has 7 nitrogen and oxygen atoms in total. The molecule has 1 fully saturated rings. The van der Waals surface area contributed by atoms with Gasteiger partial charge in [0.05, 0.1) is 6.04 Å². The number of pyridine rings is 1. The first kappa shape index (κ1) is 16.1. The van der Waals surface area contributed by atoms with Crippen LogP contribution >= 0.6 is 0 Å². The van der Waals surface area contributed by atoms with Crippen molar-refractivity contribution in [3.05, 3.63) is 36.7 Å². The quantitative estimate of drug-likeness (QED) is 0.833. The van der Waals surface area contributed by atoms with E-state index in [0.717, 1.165) is 25.2 Å². The van der Waals surface area contributed by atoms with E-state index >= 15 is 0 Å². The molecule has 0 unspecified atom stereocenters. The van der Waals surface area contributed by atoms with Crippen LogP contribution in [-0.2, 0) is 16.6 Å². The van der Waals surface area contributed by atoms with E-state index in [0.29, 0.717) is 12.5 Å². The van der Waals surface area contributed by atoms with E-state index in [4.69, 9.17) is 0 Å². The Hall–Kier alpha value is -1.80. The maximum atomic E-state index is 12.9. The van der Waals surface area contributed by atoms with Gasteiger partial charge in [0.1, 0.15) is 11.2 Å². The van der Waals surface area contributed by atoms with Crippen molar-refractivity contribution in [2.75, 3.05) is 6.54 Å². The predicted octanol–water partition coefficient (Wildman–Crippen LogP) is 1.85. The average molecular weight is 335 g/mol. The summed E-state index contributed by atoms with van der Waals surface area (Å²) in [5, 5.41) is 8.19. The van der Waals surface area contributed by atoms with Gasteiger partial charge in [-0.05, 0) is 30.9 Å². The first-order chi connectivity index (χ1) is 11.0. The first-order valence-corrected chi connectivity index (χ1v) is 9.23. The number of nitrogens with zero attached hydrogens (tertiary/aromatic N) is 5. The predicted molar refractivity (Wildman–Crippen MR) is 85.0 cm³/mol. The third-order valence-corrected chi connectivity index (χ3v) is 5.84. The van der Waals surface area contributed by atoms with Gasteiger partial charge in [-0.2, -0.15) is 4.31 Å². The fourth-order valence-corrected chi connectivity index (χ4v) is 4.60. The molecule has 1 atom stereocenters. The molecule has 1 aliphatic rings. The Kier molecular flexibility index (Phi) is 4.45. The monoisotopic (exact) mass is 335 g/mol. The van der Waals surface area contributed by atoms with Crippen LogP contribution in [0, 0.1) is 5.92 Å². The highest BCUT2D eigenvalue weighted by atomic mass is 32.2. The highest BCUT2D eigenvalue weighted by Crippen LogP contribution is 2.35. The minimum atomic E-state index is -3.57. The summed E-state index contributed by atoms with van der Waals surface area (Å²) in [5.41, 5.74) is 0. The SMILES string of the molecule is CC(C)Cn1cnnc1[C@@H]1CCCN1S(=O)(=O)c1cccnc1. The van der Waals surface area contributed by atoms with Gasteiger partial charge in [-0.1, -0.05) is 13.8 Å². The molecule has 3 rings (SSSR count). The molecule has 2 aromatic rings. The summed E-state index contributed by atoms with van der Waals surface area (Å²) in [4.78, 5) is 4.15. The van der Waals surface area contributed by atoms with Crippen molar-refractivity contribution >= 4 is 10.0 Å². The summed E-state index contributed by atoms with van der Waals surface area (Å²) in [6, 6.07) is 2.96. The molecule has 0 amide bonds. The Morgan fingerprint density at radius 3 is 2.91 bits per heavy atom. The zero-order valence-corrected chi connectivity index (χ0v) is 14.1. The fraction of sp³-hybridized carbons (Fsp3) is 0.533. The second-order valence-electron chi connectivity index (χ2n) is 6.20. The van der Waals surface area contributed by atoms with Crippen LogP contribution in [-0.4, -0.2) is 39.0 Å². The summed E-state index contributed by atoms with van der Waals surface area (Å²) < 4.78 is 29.3. The molecular weight excluding hydrogens is 314 g/mol. The molecule has 8 heteroatoms. The van der Waals surface area contributed by atoms with Crippen molar-refractivity contribution in [1.82, 2.24) is 24.1 Å². The lowest BCUT2D eigenvalue weighted by Gasteiger charge is -2.24. The lowest BCUT2D eigenvalue weighted by molar-refractivity contribution is 0.364. The van der Waals surface area contributed by atoms with Crippen LogP contribution in [0.2, 0.25) is 0 Å². The zero-order valence-electron chi connectivity index (χ0n) is 13.3. The van der Waals surface area contributed by atoms with Gasteiger partial charge in [0.2, 0.25) is 10.0 Å². The number of hydrogen-bond donors (Lipinski definition) is 0. The van der Waals surface area contributed by atoms with E-state index in [-0.39, 0.29) is 10.9 Å². The molecule has 1 aliphatic heterocycles. The van der Waals surface area contributed by atoms with Crippen molar-refractivity contribution in [3.8, 4) is 0 Å². The van der Waals surface area contributed by atoms with Crippen LogP contribution in [0.15, 0.2) is 35.7 Å². The Morgan fingerprint density at radius 1 is 1.39 bits per heavy atom. The standard InChI is InChI=1S/C15H21N5O2S/c1-12(2)10-19-11-17-18-15(19)14-6-4-8-20(14)23(21,22)13-5-3-7-16-9-13/h3,5,7,9,11-12,14H,4,6,8,10H2,1-2H3/t14-/m0/s1. The van der Waals surface area contributed by atoms with Crippen molar-refractivity contribution in [2.24, 2.45) is 5.92 Å². The molecule has 3 heterocycles. The second kappa shape index (κ2) is 6.37. The van der Waals surface area contributed by atoms with Gasteiger partial charge in [-0.15, -0.1) is 10.2 Å². The normalized spacial score (nSPS) is 19.5. The van der Waals surface area contributed by atoms with E-state index in [1.165, 1.54) is 10.5 Å². The summed E-state index contributed by atoms with van der Waals surface area (Å²) >= 11 is 0. The fourth-order valence-electron chi connectivity index (χ4n) is 2.98. The van der Waals surface area contributed by atoms with Crippen molar-refractivity contribution in [2.45, 2.75) is 44.2 Å². The van der Waals surface area contributed by atoms with Gasteiger partial charge in [0.15, 0.2) is 5.82 Å². The second-order valence-corrected chi connectivity index (χ2v) is 8.09. The number of sulfonamides is 1. The van der Waals surface area contributed by atoms with Crippen LogP contribution in [0.4, 0.5) is 0 Å². The van der Waals surface area contributed by atoms with Crippen LogP contribution < -0.4 is 0 Å². The Bertz CT molecular complexity index is 757. The van der Waals surface area contributed by atoms with E-state index in [1.807, 2.05) is 4.57 Å². The molecular formula is C15H21N5O2S. The molecule has 0 aromatic carbocycles. The van der Waals surface area contributed by atoms with Gasteiger partial charge < -0.3 is 4.57 Å². The Labute approximate surface area is 136 Å². The van der Waals surface area contributed by atoms with Crippen molar-refractivity contribution < 1.29 is 8.42 Å². The molecule has 23 heavy (non-hydrogen) atoms. The van der Waals surface area contributed by atoms with Crippen LogP contribution in [0.5, 0.6) is 0 Å². The number of aromatic nitrogens is 4. The molecule has 1 saturated heterocycles. The summed E-state index contributed by atoms with van der Waals surface area (Å²) in [5.74, 6) is 1.16. The topological polar surface area (TPSA) is 81.0 Å². The zero-order chi connectivity index (χ0) is 16.4. The van der Waals surface area contributed by atoms with Crippen molar-refractivity contribution in [3.63, 3.8) is 0 Å². The smallest absolute Gasteiger partial charge is 0.245 e. The number of rotatable bonds is 5. The summed E-state index contributed by atoms with van der Waals surface area (Å²) in [6.45, 7) is 5.50. The molecule has 0 spiro atoms. The molecule has 2 aromatic heterocycles. The Balaban J connectivity index is 1.94. The highest BCUT2D eigenvalue weighted by molar-refractivity contribution is 7.89. The highest BCUT2D eigenvalue weighted by Gasteiger charge is 2.38. The lowest BCUT2D eigenvalue weighted by Crippen LogP contribution is -2.32. The van der Waals surface area contributed by atoms with Gasteiger partial charge in [0.25, 0.3) is 0 Å².